The SMILES string of the molecule is O=S(=O)(NCC1CC1)c1cncnc1. The molecule has 1 aromatic heterocycles. The summed E-state index contributed by atoms with van der Waals surface area (Å²) >= 11 is 0. The van der Waals surface area contributed by atoms with Crippen molar-refractivity contribution in [1.82, 2.24) is 14.7 Å². The van der Waals surface area contributed by atoms with Crippen molar-refractivity contribution in [1.29, 1.82) is 0 Å². The summed E-state index contributed by atoms with van der Waals surface area (Å²) in [6.45, 7) is 0.525. The minimum atomic E-state index is -3.39. The highest BCUT2D eigenvalue weighted by molar-refractivity contribution is 7.89. The van der Waals surface area contributed by atoms with E-state index in [0.29, 0.717) is 12.5 Å². The van der Waals surface area contributed by atoms with E-state index >= 15 is 0 Å². The molecule has 1 aromatic rings. The van der Waals surface area contributed by atoms with Gasteiger partial charge in [0.1, 0.15) is 11.2 Å². The van der Waals surface area contributed by atoms with Crippen LogP contribution in [0.2, 0.25) is 0 Å². The van der Waals surface area contributed by atoms with Crippen LogP contribution < -0.4 is 4.72 Å². The van der Waals surface area contributed by atoms with Gasteiger partial charge in [-0.2, -0.15) is 0 Å². The van der Waals surface area contributed by atoms with Gasteiger partial charge in [-0.3, -0.25) is 0 Å². The van der Waals surface area contributed by atoms with Gasteiger partial charge in [0.15, 0.2) is 0 Å². The number of aromatic nitrogens is 2. The molecule has 1 heterocycles. The number of nitrogens with zero attached hydrogens (tertiary/aromatic N) is 2. The summed E-state index contributed by atoms with van der Waals surface area (Å²) in [6.07, 6.45) is 6.13. The van der Waals surface area contributed by atoms with Gasteiger partial charge in [0.2, 0.25) is 10.0 Å². The Morgan fingerprint density at radius 1 is 1.36 bits per heavy atom. The minimum Gasteiger partial charge on any atom is -0.243 e. The zero-order chi connectivity index (χ0) is 10.0. The first-order chi connectivity index (χ1) is 6.68. The van der Waals surface area contributed by atoms with Gasteiger partial charge in [-0.05, 0) is 18.8 Å². The van der Waals surface area contributed by atoms with Crippen LogP contribution in [-0.2, 0) is 10.0 Å². The van der Waals surface area contributed by atoms with Crippen LogP contribution in [-0.4, -0.2) is 24.9 Å². The summed E-state index contributed by atoms with van der Waals surface area (Å²) < 4.78 is 25.7. The zero-order valence-corrected chi connectivity index (χ0v) is 8.37. The molecule has 0 atom stereocenters. The monoisotopic (exact) mass is 213 g/mol. The molecule has 14 heavy (non-hydrogen) atoms. The first kappa shape index (κ1) is 9.54. The lowest BCUT2D eigenvalue weighted by Crippen LogP contribution is -2.26. The average molecular weight is 213 g/mol. The quantitative estimate of drug-likeness (QED) is 0.773. The molecule has 0 radical (unpaired) electrons. The lowest BCUT2D eigenvalue weighted by atomic mass is 10.4. The molecular weight excluding hydrogens is 202 g/mol. The lowest BCUT2D eigenvalue weighted by molar-refractivity contribution is 0.576. The highest BCUT2D eigenvalue weighted by Gasteiger charge is 2.24. The summed E-state index contributed by atoms with van der Waals surface area (Å²) in [7, 11) is -3.39. The Morgan fingerprint density at radius 3 is 2.57 bits per heavy atom. The van der Waals surface area contributed by atoms with E-state index in [2.05, 4.69) is 14.7 Å². The molecule has 1 saturated carbocycles. The first-order valence-corrected chi connectivity index (χ1v) is 5.91. The maximum Gasteiger partial charge on any atom is 0.243 e. The van der Waals surface area contributed by atoms with Crippen molar-refractivity contribution in [2.75, 3.05) is 6.54 Å². The third-order valence-corrected chi connectivity index (χ3v) is 3.48. The summed E-state index contributed by atoms with van der Waals surface area (Å²) in [6, 6.07) is 0. The Labute approximate surface area is 82.6 Å². The van der Waals surface area contributed by atoms with E-state index in [1.807, 2.05) is 0 Å². The molecule has 2 rings (SSSR count). The molecule has 0 spiro atoms. The number of nitrogens with one attached hydrogen (secondary N) is 1. The summed E-state index contributed by atoms with van der Waals surface area (Å²) in [5.41, 5.74) is 0. The van der Waals surface area contributed by atoms with Crippen LogP contribution in [0.3, 0.4) is 0 Å². The molecule has 0 saturated heterocycles. The maximum absolute atomic E-state index is 11.6. The highest BCUT2D eigenvalue weighted by atomic mass is 32.2. The summed E-state index contributed by atoms with van der Waals surface area (Å²) in [4.78, 5) is 7.45. The molecule has 0 unspecified atom stereocenters. The molecular formula is C8H11N3O2S. The summed E-state index contributed by atoms with van der Waals surface area (Å²) in [5, 5.41) is 0. The highest BCUT2D eigenvalue weighted by Crippen LogP contribution is 2.28. The van der Waals surface area contributed by atoms with Crippen molar-refractivity contribution in [3.63, 3.8) is 0 Å². The second-order valence-electron chi connectivity index (χ2n) is 3.37. The number of sulfonamides is 1. The fourth-order valence-electron chi connectivity index (χ4n) is 1.06. The van der Waals surface area contributed by atoms with Gasteiger partial charge >= 0.3 is 0 Å². The molecule has 0 bridgehead atoms. The maximum atomic E-state index is 11.6. The predicted molar refractivity (Wildman–Crippen MR) is 49.9 cm³/mol. The van der Waals surface area contributed by atoms with Crippen LogP contribution in [0.15, 0.2) is 23.6 Å². The van der Waals surface area contributed by atoms with Gasteiger partial charge in [0.25, 0.3) is 0 Å². The fourth-order valence-corrected chi connectivity index (χ4v) is 2.08. The third kappa shape index (κ3) is 2.27. The number of hydrogen-bond donors (Lipinski definition) is 1. The van der Waals surface area contributed by atoms with Crippen molar-refractivity contribution in [3.05, 3.63) is 18.7 Å². The summed E-state index contributed by atoms with van der Waals surface area (Å²) in [5.74, 6) is 0.523. The standard InChI is InChI=1S/C8H11N3O2S/c12-14(13,11-3-7-1-2-7)8-4-9-6-10-5-8/h4-7,11H,1-3H2. The van der Waals surface area contributed by atoms with Gasteiger partial charge in [0, 0.05) is 6.54 Å². The van der Waals surface area contributed by atoms with Gasteiger partial charge in [-0.15, -0.1) is 0 Å². The first-order valence-electron chi connectivity index (χ1n) is 4.43. The van der Waals surface area contributed by atoms with Crippen molar-refractivity contribution in [2.45, 2.75) is 17.7 Å². The van der Waals surface area contributed by atoms with E-state index < -0.39 is 10.0 Å². The van der Waals surface area contributed by atoms with Crippen LogP contribution in [0, 0.1) is 5.92 Å². The molecule has 1 N–H and O–H groups in total. The van der Waals surface area contributed by atoms with E-state index in [9.17, 15) is 8.42 Å². The number of rotatable bonds is 4. The number of hydrogen-bond acceptors (Lipinski definition) is 4. The Balaban J connectivity index is 2.07. The fraction of sp³-hybridized carbons (Fsp3) is 0.500. The van der Waals surface area contributed by atoms with Crippen molar-refractivity contribution >= 4 is 10.0 Å². The lowest BCUT2D eigenvalue weighted by Gasteiger charge is -2.03. The topological polar surface area (TPSA) is 72.0 Å². The smallest absolute Gasteiger partial charge is 0.243 e. The van der Waals surface area contributed by atoms with Crippen molar-refractivity contribution < 1.29 is 8.42 Å². The van der Waals surface area contributed by atoms with E-state index in [0.717, 1.165) is 12.8 Å². The normalized spacial score (nSPS) is 16.9. The predicted octanol–water partition coefficient (Wildman–Crippen LogP) is 0.165. The van der Waals surface area contributed by atoms with Crippen LogP contribution in [0.4, 0.5) is 0 Å². The Hall–Kier alpha value is -1.01. The Morgan fingerprint density at radius 2 is 2.00 bits per heavy atom. The van der Waals surface area contributed by atoms with Crippen molar-refractivity contribution in [3.8, 4) is 0 Å². The second kappa shape index (κ2) is 3.62. The van der Waals surface area contributed by atoms with Gasteiger partial charge in [-0.1, -0.05) is 0 Å². The molecule has 6 heteroatoms. The molecule has 1 fully saturated rings. The molecule has 1 aliphatic rings. The Bertz CT molecular complexity index is 400. The van der Waals surface area contributed by atoms with E-state index in [-0.39, 0.29) is 4.90 Å². The van der Waals surface area contributed by atoms with E-state index in [1.54, 1.807) is 0 Å². The molecule has 0 amide bonds. The zero-order valence-electron chi connectivity index (χ0n) is 7.55. The van der Waals surface area contributed by atoms with Crippen LogP contribution in [0.5, 0.6) is 0 Å². The molecule has 0 aliphatic heterocycles. The molecule has 5 nitrogen and oxygen atoms in total. The van der Waals surface area contributed by atoms with Gasteiger partial charge < -0.3 is 0 Å². The van der Waals surface area contributed by atoms with Gasteiger partial charge in [-0.25, -0.2) is 23.1 Å². The Kier molecular flexibility index (Phi) is 2.47. The van der Waals surface area contributed by atoms with E-state index in [4.69, 9.17) is 0 Å². The van der Waals surface area contributed by atoms with Crippen LogP contribution >= 0.6 is 0 Å². The molecule has 76 valence electrons. The van der Waals surface area contributed by atoms with E-state index in [1.165, 1.54) is 18.7 Å². The molecule has 1 aliphatic carbocycles. The second-order valence-corrected chi connectivity index (χ2v) is 5.14. The van der Waals surface area contributed by atoms with Gasteiger partial charge in [0.05, 0.1) is 12.4 Å². The third-order valence-electron chi connectivity index (χ3n) is 2.11. The van der Waals surface area contributed by atoms with Crippen LogP contribution in [0.25, 0.3) is 0 Å². The molecule has 0 aromatic carbocycles. The van der Waals surface area contributed by atoms with Crippen molar-refractivity contribution in [2.24, 2.45) is 5.92 Å². The minimum absolute atomic E-state index is 0.126. The largest absolute Gasteiger partial charge is 0.243 e. The van der Waals surface area contributed by atoms with Crippen LogP contribution in [0.1, 0.15) is 12.8 Å². The average Bonchev–Trinajstić information content (AvgIpc) is 3.00.